The molecule has 14 heavy (non-hydrogen) atoms. The highest BCUT2D eigenvalue weighted by Gasteiger charge is 2.10. The third-order valence-electron chi connectivity index (χ3n) is 2.21. The minimum absolute atomic E-state index is 0.235. The van der Waals surface area contributed by atoms with Gasteiger partial charge in [0.1, 0.15) is 0 Å². The minimum atomic E-state index is -0.235. The van der Waals surface area contributed by atoms with Crippen LogP contribution in [0, 0.1) is 0 Å². The van der Waals surface area contributed by atoms with Crippen molar-refractivity contribution in [2.75, 3.05) is 13.1 Å². The summed E-state index contributed by atoms with van der Waals surface area (Å²) in [6.07, 6.45) is 1.32. The van der Waals surface area contributed by atoms with Crippen LogP contribution in [0.5, 0.6) is 0 Å². The minimum Gasteiger partial charge on any atom is -0.393 e. The van der Waals surface area contributed by atoms with Crippen LogP contribution in [0.1, 0.15) is 33.6 Å². The average molecular weight is 218 g/mol. The van der Waals surface area contributed by atoms with Gasteiger partial charge in [0.05, 0.1) is 11.1 Å². The highest BCUT2D eigenvalue weighted by atomic mass is 32.1. The second-order valence-corrected chi connectivity index (χ2v) is 4.51. The summed E-state index contributed by atoms with van der Waals surface area (Å²) >= 11 is 4.84. The lowest BCUT2D eigenvalue weighted by Crippen LogP contribution is -2.35. The molecule has 0 spiro atoms. The largest absolute Gasteiger partial charge is 0.393 e. The van der Waals surface area contributed by atoms with E-state index in [1.807, 2.05) is 6.92 Å². The Balaban J connectivity index is 3.84. The molecule has 84 valence electrons. The van der Waals surface area contributed by atoms with Crippen molar-refractivity contribution in [3.05, 3.63) is 0 Å². The van der Waals surface area contributed by atoms with E-state index in [0.29, 0.717) is 11.0 Å². The van der Waals surface area contributed by atoms with E-state index >= 15 is 0 Å². The molecule has 0 aliphatic rings. The monoisotopic (exact) mass is 218 g/mol. The van der Waals surface area contributed by atoms with Gasteiger partial charge in [0.2, 0.25) is 0 Å². The lowest BCUT2D eigenvalue weighted by atomic mass is 10.2. The standard InChI is InChI=1S/C10H22N2OS/c1-8(2)12(6-4-9(3)13)7-5-10(11)14/h8-9,13H,4-7H2,1-3H3,(H2,11,14). The Morgan fingerprint density at radius 2 is 1.93 bits per heavy atom. The Morgan fingerprint density at radius 3 is 2.29 bits per heavy atom. The number of aliphatic hydroxyl groups excluding tert-OH is 1. The molecule has 0 bridgehead atoms. The lowest BCUT2D eigenvalue weighted by molar-refractivity contribution is 0.144. The van der Waals surface area contributed by atoms with Crippen LogP contribution in [0.4, 0.5) is 0 Å². The van der Waals surface area contributed by atoms with Crippen LogP contribution in [0.15, 0.2) is 0 Å². The maximum absolute atomic E-state index is 9.18. The highest BCUT2D eigenvalue weighted by Crippen LogP contribution is 2.03. The number of hydrogen-bond donors (Lipinski definition) is 2. The van der Waals surface area contributed by atoms with Crippen molar-refractivity contribution in [2.45, 2.75) is 45.8 Å². The van der Waals surface area contributed by atoms with Gasteiger partial charge >= 0.3 is 0 Å². The molecule has 0 radical (unpaired) electrons. The highest BCUT2D eigenvalue weighted by molar-refractivity contribution is 7.80. The summed E-state index contributed by atoms with van der Waals surface area (Å²) in [6.45, 7) is 7.88. The summed E-state index contributed by atoms with van der Waals surface area (Å²) in [7, 11) is 0. The van der Waals surface area contributed by atoms with Gasteiger partial charge in [0, 0.05) is 25.6 Å². The fraction of sp³-hybridized carbons (Fsp3) is 0.900. The van der Waals surface area contributed by atoms with Gasteiger partial charge in [0.25, 0.3) is 0 Å². The first-order valence-electron chi connectivity index (χ1n) is 5.14. The van der Waals surface area contributed by atoms with Crippen LogP contribution in [0.25, 0.3) is 0 Å². The van der Waals surface area contributed by atoms with Crippen molar-refractivity contribution in [3.8, 4) is 0 Å². The average Bonchev–Trinajstić information content (AvgIpc) is 2.02. The van der Waals surface area contributed by atoms with Crippen LogP contribution in [0.3, 0.4) is 0 Å². The third-order valence-corrected chi connectivity index (χ3v) is 2.41. The fourth-order valence-electron chi connectivity index (χ4n) is 1.23. The summed E-state index contributed by atoms with van der Waals surface area (Å²) in [6, 6.07) is 0.475. The Kier molecular flexibility index (Phi) is 7.05. The summed E-state index contributed by atoms with van der Waals surface area (Å²) in [4.78, 5) is 2.85. The molecule has 0 fully saturated rings. The Hall–Kier alpha value is -0.190. The van der Waals surface area contributed by atoms with Crippen molar-refractivity contribution in [1.29, 1.82) is 0 Å². The molecule has 0 amide bonds. The zero-order valence-corrected chi connectivity index (χ0v) is 10.2. The van der Waals surface area contributed by atoms with E-state index in [1.54, 1.807) is 0 Å². The normalized spacial score (nSPS) is 13.6. The van der Waals surface area contributed by atoms with Crippen molar-refractivity contribution in [2.24, 2.45) is 5.73 Å². The number of nitrogens with two attached hydrogens (primary N) is 1. The van der Waals surface area contributed by atoms with E-state index in [0.717, 1.165) is 25.9 Å². The summed E-state index contributed by atoms with van der Waals surface area (Å²) in [5.74, 6) is 0. The molecule has 0 saturated carbocycles. The molecule has 0 aromatic rings. The van der Waals surface area contributed by atoms with E-state index in [4.69, 9.17) is 18.0 Å². The van der Waals surface area contributed by atoms with Crippen molar-refractivity contribution in [3.63, 3.8) is 0 Å². The van der Waals surface area contributed by atoms with Crippen LogP contribution in [0.2, 0.25) is 0 Å². The van der Waals surface area contributed by atoms with Gasteiger partial charge in [0.15, 0.2) is 0 Å². The SMILES string of the molecule is CC(O)CCN(CCC(N)=S)C(C)C. The molecular formula is C10H22N2OS. The molecule has 1 unspecified atom stereocenters. The molecule has 3 nitrogen and oxygen atoms in total. The van der Waals surface area contributed by atoms with Crippen LogP contribution >= 0.6 is 12.2 Å². The van der Waals surface area contributed by atoms with E-state index in [9.17, 15) is 5.11 Å². The van der Waals surface area contributed by atoms with Crippen molar-refractivity contribution in [1.82, 2.24) is 4.90 Å². The first-order valence-corrected chi connectivity index (χ1v) is 5.54. The predicted octanol–water partition coefficient (Wildman–Crippen LogP) is 1.14. The number of hydrogen-bond acceptors (Lipinski definition) is 3. The Bertz CT molecular complexity index is 172. The Labute approximate surface area is 92.3 Å². The molecule has 1 atom stereocenters. The first-order chi connectivity index (χ1) is 6.43. The fourth-order valence-corrected chi connectivity index (χ4v) is 1.33. The van der Waals surface area contributed by atoms with Gasteiger partial charge in [-0.1, -0.05) is 12.2 Å². The zero-order chi connectivity index (χ0) is 11.1. The lowest BCUT2D eigenvalue weighted by Gasteiger charge is -2.26. The maximum atomic E-state index is 9.18. The first kappa shape index (κ1) is 13.8. The smallest absolute Gasteiger partial charge is 0.0740 e. The molecule has 3 N–H and O–H groups in total. The van der Waals surface area contributed by atoms with Gasteiger partial charge in [-0.15, -0.1) is 0 Å². The molecule has 0 aliphatic heterocycles. The maximum Gasteiger partial charge on any atom is 0.0740 e. The zero-order valence-electron chi connectivity index (χ0n) is 9.36. The van der Waals surface area contributed by atoms with Gasteiger partial charge in [-0.25, -0.2) is 0 Å². The number of rotatable bonds is 7. The molecule has 0 rings (SSSR count). The van der Waals surface area contributed by atoms with E-state index in [1.165, 1.54) is 0 Å². The van der Waals surface area contributed by atoms with Crippen LogP contribution < -0.4 is 5.73 Å². The van der Waals surface area contributed by atoms with E-state index < -0.39 is 0 Å². The molecule has 0 saturated heterocycles. The molecule has 0 aromatic carbocycles. The second-order valence-electron chi connectivity index (χ2n) is 3.98. The molecule has 0 aliphatic carbocycles. The number of thiocarbonyl (C=S) groups is 1. The summed E-state index contributed by atoms with van der Waals surface area (Å²) < 4.78 is 0. The quantitative estimate of drug-likeness (QED) is 0.629. The van der Waals surface area contributed by atoms with Crippen molar-refractivity contribution >= 4 is 17.2 Å². The predicted molar refractivity (Wildman–Crippen MR) is 64.4 cm³/mol. The van der Waals surface area contributed by atoms with E-state index in [-0.39, 0.29) is 6.10 Å². The number of nitrogens with zero attached hydrogens (tertiary/aromatic N) is 1. The summed E-state index contributed by atoms with van der Waals surface area (Å²) in [5.41, 5.74) is 5.45. The van der Waals surface area contributed by atoms with Crippen molar-refractivity contribution < 1.29 is 5.11 Å². The molecular weight excluding hydrogens is 196 g/mol. The molecule has 0 heterocycles. The third kappa shape index (κ3) is 7.24. The number of aliphatic hydroxyl groups is 1. The van der Waals surface area contributed by atoms with Crippen LogP contribution in [-0.2, 0) is 0 Å². The van der Waals surface area contributed by atoms with Gasteiger partial charge in [-0.05, 0) is 27.2 Å². The van der Waals surface area contributed by atoms with E-state index in [2.05, 4.69) is 18.7 Å². The summed E-state index contributed by atoms with van der Waals surface area (Å²) in [5, 5.41) is 9.18. The molecule has 0 aromatic heterocycles. The van der Waals surface area contributed by atoms with Gasteiger partial charge in [-0.2, -0.15) is 0 Å². The van der Waals surface area contributed by atoms with Crippen LogP contribution in [-0.4, -0.2) is 40.2 Å². The second kappa shape index (κ2) is 7.15. The van der Waals surface area contributed by atoms with Gasteiger partial charge in [-0.3, -0.25) is 0 Å². The molecule has 4 heteroatoms. The van der Waals surface area contributed by atoms with Gasteiger partial charge < -0.3 is 15.7 Å². The topological polar surface area (TPSA) is 49.5 Å². The Morgan fingerprint density at radius 1 is 1.36 bits per heavy atom.